The van der Waals surface area contributed by atoms with Crippen molar-refractivity contribution in [2.75, 3.05) is 20.5 Å². The SMILES string of the molecule is COCO[C@@H]1[C@@H](OCc2ccccc2)[C@H](OCc2ccccc2)[C@@H](COCc2ccccc2)OP1O. The second-order valence-corrected chi connectivity index (χ2v) is 9.76. The lowest BCUT2D eigenvalue weighted by Crippen LogP contribution is -2.54. The molecule has 192 valence electrons. The van der Waals surface area contributed by atoms with Crippen molar-refractivity contribution in [2.24, 2.45) is 0 Å². The maximum absolute atomic E-state index is 10.9. The number of benzene rings is 3. The molecule has 0 spiro atoms. The Kier molecular flexibility index (Phi) is 10.8. The summed E-state index contributed by atoms with van der Waals surface area (Å²) in [5, 5.41) is 0. The largest absolute Gasteiger partial charge is 0.374 e. The molecule has 3 aromatic rings. The van der Waals surface area contributed by atoms with Crippen LogP contribution in [-0.4, -0.2) is 49.6 Å². The van der Waals surface area contributed by atoms with Gasteiger partial charge in [0.05, 0.1) is 26.4 Å². The quantitative estimate of drug-likeness (QED) is 0.255. The van der Waals surface area contributed by atoms with Crippen molar-refractivity contribution in [1.29, 1.82) is 0 Å². The van der Waals surface area contributed by atoms with E-state index in [1.54, 1.807) is 0 Å². The molecule has 1 fully saturated rings. The van der Waals surface area contributed by atoms with Gasteiger partial charge in [-0.1, -0.05) is 91.0 Å². The number of methoxy groups -OCH3 is 1. The number of hydrogen-bond donors (Lipinski definition) is 1. The Morgan fingerprint density at radius 2 is 1.19 bits per heavy atom. The molecule has 7 nitrogen and oxygen atoms in total. The lowest BCUT2D eigenvalue weighted by Gasteiger charge is -2.43. The molecule has 8 heteroatoms. The second-order valence-electron chi connectivity index (χ2n) is 8.43. The van der Waals surface area contributed by atoms with Crippen molar-refractivity contribution in [3.8, 4) is 0 Å². The average molecular weight is 513 g/mol. The smallest absolute Gasteiger partial charge is 0.202 e. The maximum Gasteiger partial charge on any atom is 0.202 e. The van der Waals surface area contributed by atoms with E-state index in [0.717, 1.165) is 16.7 Å². The van der Waals surface area contributed by atoms with Gasteiger partial charge < -0.3 is 33.1 Å². The van der Waals surface area contributed by atoms with Crippen molar-refractivity contribution in [2.45, 2.75) is 44.0 Å². The van der Waals surface area contributed by atoms with Crippen LogP contribution in [0, 0.1) is 0 Å². The summed E-state index contributed by atoms with van der Waals surface area (Å²) in [4.78, 5) is 10.9. The molecular weight excluding hydrogens is 479 g/mol. The van der Waals surface area contributed by atoms with Crippen LogP contribution >= 0.6 is 8.38 Å². The minimum atomic E-state index is -1.98. The molecule has 0 aliphatic carbocycles. The fourth-order valence-electron chi connectivity index (χ4n) is 3.96. The van der Waals surface area contributed by atoms with E-state index >= 15 is 0 Å². The van der Waals surface area contributed by atoms with E-state index < -0.39 is 32.5 Å². The monoisotopic (exact) mass is 512 g/mol. The standard InChI is InChI=1S/C28H33O7P/c1-30-21-34-28-27(33-19-24-15-9-4-10-16-24)26(32-18-23-13-7-3-8-14-23)25(35-36(28)29)20-31-17-22-11-5-2-6-12-22/h2-16,25-29H,17-21H2,1H3/t25-,26-,27+,28+,36?/m1/s1. The first-order chi connectivity index (χ1) is 17.7. The molecule has 1 unspecified atom stereocenters. The zero-order valence-electron chi connectivity index (χ0n) is 20.3. The van der Waals surface area contributed by atoms with E-state index in [-0.39, 0.29) is 13.4 Å². The highest BCUT2D eigenvalue weighted by atomic mass is 31.2. The Bertz CT molecular complexity index is 993. The summed E-state index contributed by atoms with van der Waals surface area (Å²) >= 11 is 0. The van der Waals surface area contributed by atoms with Gasteiger partial charge >= 0.3 is 0 Å². The summed E-state index contributed by atoms with van der Waals surface area (Å²) in [6.07, 6.45) is -1.69. The number of ether oxygens (including phenoxy) is 5. The topological polar surface area (TPSA) is 75.6 Å². The van der Waals surface area contributed by atoms with E-state index in [9.17, 15) is 4.89 Å². The second kappa shape index (κ2) is 14.5. The highest BCUT2D eigenvalue weighted by Crippen LogP contribution is 2.49. The summed E-state index contributed by atoms with van der Waals surface area (Å²) < 4.78 is 35.7. The Labute approximate surface area is 213 Å². The van der Waals surface area contributed by atoms with E-state index in [0.29, 0.717) is 19.8 Å². The molecule has 3 aromatic carbocycles. The van der Waals surface area contributed by atoms with Crippen LogP contribution in [-0.2, 0) is 48.0 Å². The molecule has 0 radical (unpaired) electrons. The Morgan fingerprint density at radius 1 is 0.694 bits per heavy atom. The Hall–Kier alpha value is -2.19. The van der Waals surface area contributed by atoms with Crippen LogP contribution in [0.5, 0.6) is 0 Å². The molecular formula is C28H33O7P. The summed E-state index contributed by atoms with van der Waals surface area (Å²) in [7, 11) is -0.441. The van der Waals surface area contributed by atoms with Crippen molar-refractivity contribution in [3.63, 3.8) is 0 Å². The molecule has 36 heavy (non-hydrogen) atoms. The van der Waals surface area contributed by atoms with Gasteiger partial charge in [-0.3, -0.25) is 0 Å². The van der Waals surface area contributed by atoms with E-state index in [2.05, 4.69) is 0 Å². The third-order valence-electron chi connectivity index (χ3n) is 5.75. The lowest BCUT2D eigenvalue weighted by molar-refractivity contribution is -0.196. The van der Waals surface area contributed by atoms with Gasteiger partial charge in [0.25, 0.3) is 0 Å². The first kappa shape index (κ1) is 26.9. The molecule has 0 amide bonds. The highest BCUT2D eigenvalue weighted by molar-refractivity contribution is 7.47. The zero-order valence-corrected chi connectivity index (χ0v) is 21.2. The fraction of sp³-hybridized carbons (Fsp3) is 0.357. The molecule has 1 saturated heterocycles. The molecule has 1 heterocycles. The van der Waals surface area contributed by atoms with Crippen molar-refractivity contribution in [3.05, 3.63) is 108 Å². The molecule has 1 N–H and O–H groups in total. The van der Waals surface area contributed by atoms with Crippen LogP contribution in [0.1, 0.15) is 16.7 Å². The van der Waals surface area contributed by atoms with Crippen LogP contribution in [0.4, 0.5) is 0 Å². The molecule has 4 rings (SSSR count). The minimum absolute atomic E-state index is 0.000798. The summed E-state index contributed by atoms with van der Waals surface area (Å²) in [6, 6.07) is 29.7. The highest BCUT2D eigenvalue weighted by Gasteiger charge is 2.48. The normalized spacial score (nSPS) is 24.0. The summed E-state index contributed by atoms with van der Waals surface area (Å²) in [5.74, 6) is -0.741. The first-order valence-corrected chi connectivity index (χ1v) is 13.2. The molecule has 0 bridgehead atoms. The van der Waals surface area contributed by atoms with Gasteiger partial charge in [-0.05, 0) is 16.7 Å². The predicted octanol–water partition coefficient (Wildman–Crippen LogP) is 5.02. The van der Waals surface area contributed by atoms with E-state index in [1.165, 1.54) is 7.11 Å². The van der Waals surface area contributed by atoms with E-state index in [4.69, 9.17) is 28.2 Å². The predicted molar refractivity (Wildman–Crippen MR) is 137 cm³/mol. The van der Waals surface area contributed by atoms with Crippen LogP contribution in [0.3, 0.4) is 0 Å². The number of rotatable bonds is 13. The molecule has 1 aliphatic rings. The summed E-state index contributed by atoms with van der Waals surface area (Å²) in [6.45, 7) is 1.35. The van der Waals surface area contributed by atoms with Crippen molar-refractivity contribution >= 4 is 8.38 Å². The first-order valence-electron chi connectivity index (χ1n) is 11.9. The Morgan fingerprint density at radius 3 is 1.72 bits per heavy atom. The summed E-state index contributed by atoms with van der Waals surface area (Å²) in [5.41, 5.74) is 3.09. The lowest BCUT2D eigenvalue weighted by atomic mass is 10.1. The molecule has 0 aromatic heterocycles. The molecule has 0 saturated carbocycles. The zero-order chi connectivity index (χ0) is 25.0. The molecule has 5 atom stereocenters. The maximum atomic E-state index is 10.9. The van der Waals surface area contributed by atoms with Crippen LogP contribution in [0.2, 0.25) is 0 Å². The Balaban J connectivity index is 1.51. The van der Waals surface area contributed by atoms with Crippen LogP contribution in [0.25, 0.3) is 0 Å². The minimum Gasteiger partial charge on any atom is -0.374 e. The fourth-order valence-corrected chi connectivity index (χ4v) is 5.23. The average Bonchev–Trinajstić information content (AvgIpc) is 2.92. The van der Waals surface area contributed by atoms with Gasteiger partial charge in [0, 0.05) is 7.11 Å². The van der Waals surface area contributed by atoms with Gasteiger partial charge in [-0.2, -0.15) is 0 Å². The van der Waals surface area contributed by atoms with E-state index in [1.807, 2.05) is 91.0 Å². The van der Waals surface area contributed by atoms with Crippen molar-refractivity contribution < 1.29 is 33.1 Å². The van der Waals surface area contributed by atoms with Crippen LogP contribution in [0.15, 0.2) is 91.0 Å². The third-order valence-corrected chi connectivity index (χ3v) is 7.12. The van der Waals surface area contributed by atoms with Gasteiger partial charge in [-0.25, -0.2) is 0 Å². The third kappa shape index (κ3) is 7.90. The molecule has 1 aliphatic heterocycles. The number of hydrogen-bond acceptors (Lipinski definition) is 7. The van der Waals surface area contributed by atoms with Gasteiger partial charge in [0.1, 0.15) is 25.1 Å². The van der Waals surface area contributed by atoms with Gasteiger partial charge in [0.15, 0.2) is 5.85 Å². The van der Waals surface area contributed by atoms with Gasteiger partial charge in [-0.15, -0.1) is 0 Å². The van der Waals surface area contributed by atoms with Crippen LogP contribution < -0.4 is 0 Å². The van der Waals surface area contributed by atoms with Crippen molar-refractivity contribution in [1.82, 2.24) is 0 Å². The van der Waals surface area contributed by atoms with Gasteiger partial charge in [0.2, 0.25) is 8.38 Å².